The first-order chi connectivity index (χ1) is 19.4. The molecule has 0 saturated carbocycles. The van der Waals surface area contributed by atoms with Crippen LogP contribution in [0.4, 0.5) is 4.39 Å². The Morgan fingerprint density at radius 2 is 1.85 bits per heavy atom. The largest absolute Gasteiger partial charge is 0.494 e. The molecule has 10 heteroatoms. The summed E-state index contributed by atoms with van der Waals surface area (Å²) in [6.07, 6.45) is 1.24. The molecule has 2 aromatic rings. The van der Waals surface area contributed by atoms with Gasteiger partial charge in [-0.2, -0.15) is 0 Å². The summed E-state index contributed by atoms with van der Waals surface area (Å²) in [5, 5.41) is 2.78. The van der Waals surface area contributed by atoms with Crippen LogP contribution in [-0.2, 0) is 25.7 Å². The Labute approximate surface area is 241 Å². The summed E-state index contributed by atoms with van der Waals surface area (Å²) in [6, 6.07) is 12.7. The van der Waals surface area contributed by atoms with Gasteiger partial charge in [0.2, 0.25) is 17.7 Å². The van der Waals surface area contributed by atoms with Gasteiger partial charge in [0.15, 0.2) is 0 Å². The number of piperidine rings is 1. The molecule has 9 nitrogen and oxygen atoms in total. The molecule has 2 heterocycles. The van der Waals surface area contributed by atoms with E-state index >= 15 is 0 Å². The third-order valence-electron chi connectivity index (χ3n) is 7.98. The molecule has 4 rings (SSSR count). The van der Waals surface area contributed by atoms with Gasteiger partial charge in [-0.15, -0.1) is 0 Å². The number of hydrogen-bond donors (Lipinski definition) is 2. The highest BCUT2D eigenvalue weighted by molar-refractivity contribution is 5.92. The zero-order chi connectivity index (χ0) is 29.8. The predicted molar refractivity (Wildman–Crippen MR) is 152 cm³/mol. The quantitative estimate of drug-likeness (QED) is 0.456. The van der Waals surface area contributed by atoms with Gasteiger partial charge in [-0.1, -0.05) is 24.3 Å². The van der Waals surface area contributed by atoms with Gasteiger partial charge < -0.3 is 30.3 Å². The topological polar surface area (TPSA) is 114 Å². The molecule has 3 atom stereocenters. The molecule has 2 unspecified atom stereocenters. The van der Waals surface area contributed by atoms with Crippen LogP contribution in [0.3, 0.4) is 0 Å². The van der Waals surface area contributed by atoms with E-state index in [2.05, 4.69) is 5.32 Å². The molecule has 0 aromatic heterocycles. The van der Waals surface area contributed by atoms with E-state index in [-0.39, 0.29) is 43.3 Å². The highest BCUT2D eigenvalue weighted by Crippen LogP contribution is 2.49. The Bertz CT molecular complexity index is 1230. The number of carbonyl (C=O) groups is 3. The molecular weight excluding hydrogens is 527 g/mol. The first-order valence-corrected chi connectivity index (χ1v) is 14.1. The van der Waals surface area contributed by atoms with Gasteiger partial charge in [0.25, 0.3) is 0 Å². The molecule has 1 spiro atoms. The second kappa shape index (κ2) is 12.6. The molecule has 0 bridgehead atoms. The maximum Gasteiger partial charge on any atom is 0.247 e. The summed E-state index contributed by atoms with van der Waals surface area (Å²) >= 11 is 0. The van der Waals surface area contributed by atoms with Crippen LogP contribution in [0.15, 0.2) is 48.5 Å². The van der Waals surface area contributed by atoms with Gasteiger partial charge in [-0.05, 0) is 69.0 Å². The standard InChI is InChI=1S/C31H41FN4O5/c1-5-41-24-13-7-21(8-14-24)18-40-19-26(34-28(38)30(2,3)33)27(37)36-16-6-15-31(20-36)25(17-35(4)29(31)39)22-9-11-23(32)12-10-22/h7-14,25-26H,5-6,15-20,33H2,1-4H3,(H,34,38)/t25?,26?,31-/m0/s1. The Kier molecular flexibility index (Phi) is 9.34. The van der Waals surface area contributed by atoms with Crippen LogP contribution in [0.2, 0.25) is 0 Å². The average Bonchev–Trinajstić information content (AvgIpc) is 3.17. The molecule has 2 aliphatic heterocycles. The fourth-order valence-electron chi connectivity index (χ4n) is 5.79. The highest BCUT2D eigenvalue weighted by Gasteiger charge is 2.56. The van der Waals surface area contributed by atoms with Crippen molar-refractivity contribution in [2.45, 2.75) is 57.7 Å². The summed E-state index contributed by atoms with van der Waals surface area (Å²) in [7, 11) is 1.76. The molecule has 2 saturated heterocycles. The van der Waals surface area contributed by atoms with Crippen LogP contribution in [-0.4, -0.2) is 79.0 Å². The van der Waals surface area contributed by atoms with Crippen molar-refractivity contribution >= 4 is 17.7 Å². The molecule has 3 N–H and O–H groups in total. The van der Waals surface area contributed by atoms with Crippen LogP contribution in [0, 0.1) is 11.2 Å². The van der Waals surface area contributed by atoms with E-state index in [1.54, 1.807) is 42.8 Å². The number of ether oxygens (including phenoxy) is 2. The molecule has 3 amide bonds. The fraction of sp³-hybridized carbons (Fsp3) is 0.516. The zero-order valence-electron chi connectivity index (χ0n) is 24.3. The number of nitrogens with zero attached hydrogens (tertiary/aromatic N) is 2. The monoisotopic (exact) mass is 568 g/mol. The summed E-state index contributed by atoms with van der Waals surface area (Å²) in [6.45, 7) is 6.94. The van der Waals surface area contributed by atoms with Gasteiger partial charge in [0.05, 0.1) is 30.8 Å². The maximum atomic E-state index is 13.9. The first kappa shape index (κ1) is 30.5. The lowest BCUT2D eigenvalue weighted by Crippen LogP contribution is -2.60. The number of likely N-dealkylation sites (N-methyl/N-ethyl adjacent to an activating group) is 1. The van der Waals surface area contributed by atoms with Crippen LogP contribution in [0.5, 0.6) is 5.75 Å². The molecule has 0 radical (unpaired) electrons. The van der Waals surface area contributed by atoms with E-state index in [1.165, 1.54) is 12.1 Å². The third-order valence-corrected chi connectivity index (χ3v) is 7.98. The van der Waals surface area contributed by atoms with Gasteiger partial charge in [0.1, 0.15) is 17.6 Å². The Balaban J connectivity index is 1.52. The minimum Gasteiger partial charge on any atom is -0.494 e. The number of nitrogens with one attached hydrogen (secondary N) is 1. The number of carbonyl (C=O) groups excluding carboxylic acids is 3. The highest BCUT2D eigenvalue weighted by atomic mass is 19.1. The van der Waals surface area contributed by atoms with Crippen molar-refractivity contribution in [2.75, 3.05) is 39.9 Å². The van der Waals surface area contributed by atoms with Crippen molar-refractivity contribution in [3.05, 3.63) is 65.5 Å². The van der Waals surface area contributed by atoms with Crippen molar-refractivity contribution in [1.29, 1.82) is 0 Å². The van der Waals surface area contributed by atoms with E-state index in [0.717, 1.165) is 16.9 Å². The minimum absolute atomic E-state index is 0.0280. The van der Waals surface area contributed by atoms with Crippen LogP contribution >= 0.6 is 0 Å². The predicted octanol–water partition coefficient (Wildman–Crippen LogP) is 2.83. The number of likely N-dealkylation sites (tertiary alicyclic amines) is 2. The van der Waals surface area contributed by atoms with Gasteiger partial charge in [0, 0.05) is 32.6 Å². The number of nitrogens with two attached hydrogens (primary N) is 1. The molecule has 2 aliphatic rings. The van der Waals surface area contributed by atoms with Gasteiger partial charge in [-0.3, -0.25) is 14.4 Å². The number of benzene rings is 2. The number of hydrogen-bond acceptors (Lipinski definition) is 6. The molecule has 222 valence electrons. The number of rotatable bonds is 10. The second-order valence-electron chi connectivity index (χ2n) is 11.6. The van der Waals surface area contributed by atoms with E-state index in [0.29, 0.717) is 32.5 Å². The Morgan fingerprint density at radius 1 is 1.17 bits per heavy atom. The summed E-state index contributed by atoms with van der Waals surface area (Å²) in [5.41, 5.74) is 5.75. The molecule has 2 fully saturated rings. The summed E-state index contributed by atoms with van der Waals surface area (Å²) < 4.78 is 25.1. The summed E-state index contributed by atoms with van der Waals surface area (Å²) in [5.74, 6) is -0.607. The van der Waals surface area contributed by atoms with E-state index in [9.17, 15) is 18.8 Å². The first-order valence-electron chi connectivity index (χ1n) is 14.1. The number of amides is 3. The SMILES string of the molecule is CCOc1ccc(COCC(NC(=O)C(C)(C)N)C(=O)N2CCC[C@@]3(C2)C(=O)N(C)CC3c2ccc(F)cc2)cc1. The smallest absolute Gasteiger partial charge is 0.247 e. The molecule has 41 heavy (non-hydrogen) atoms. The van der Waals surface area contributed by atoms with Gasteiger partial charge >= 0.3 is 0 Å². The second-order valence-corrected chi connectivity index (χ2v) is 11.6. The lowest BCUT2D eigenvalue weighted by Gasteiger charge is -2.43. The lowest BCUT2D eigenvalue weighted by molar-refractivity contribution is -0.147. The summed E-state index contributed by atoms with van der Waals surface area (Å²) in [4.78, 5) is 43.7. The van der Waals surface area contributed by atoms with Crippen molar-refractivity contribution in [1.82, 2.24) is 15.1 Å². The third kappa shape index (κ3) is 6.87. The van der Waals surface area contributed by atoms with Crippen LogP contribution in [0.1, 0.15) is 50.7 Å². The maximum absolute atomic E-state index is 13.9. The van der Waals surface area contributed by atoms with E-state index in [4.69, 9.17) is 15.2 Å². The minimum atomic E-state index is -1.20. The molecule has 2 aromatic carbocycles. The van der Waals surface area contributed by atoms with E-state index in [1.807, 2.05) is 31.2 Å². The lowest BCUT2D eigenvalue weighted by atomic mass is 9.69. The van der Waals surface area contributed by atoms with Crippen molar-refractivity contribution < 1.29 is 28.2 Å². The molecular formula is C31H41FN4O5. The number of halogens is 1. The van der Waals surface area contributed by atoms with Crippen LogP contribution < -0.4 is 15.8 Å². The Hall–Kier alpha value is -3.50. The Morgan fingerprint density at radius 3 is 2.49 bits per heavy atom. The van der Waals surface area contributed by atoms with Crippen molar-refractivity contribution in [2.24, 2.45) is 11.1 Å². The van der Waals surface area contributed by atoms with Crippen molar-refractivity contribution in [3.8, 4) is 5.75 Å². The molecule has 0 aliphatic carbocycles. The normalized spacial score (nSPS) is 21.7. The van der Waals surface area contributed by atoms with Gasteiger partial charge in [-0.25, -0.2) is 4.39 Å². The fourth-order valence-corrected chi connectivity index (χ4v) is 5.79. The zero-order valence-corrected chi connectivity index (χ0v) is 24.3. The average molecular weight is 569 g/mol. The van der Waals surface area contributed by atoms with Crippen LogP contribution in [0.25, 0.3) is 0 Å². The van der Waals surface area contributed by atoms with E-state index < -0.39 is 22.9 Å². The van der Waals surface area contributed by atoms with Crippen molar-refractivity contribution in [3.63, 3.8) is 0 Å².